The van der Waals surface area contributed by atoms with Crippen molar-refractivity contribution in [3.63, 3.8) is 0 Å². The number of aromatic nitrogens is 1. The zero-order valence-corrected chi connectivity index (χ0v) is 13.0. The molecule has 2 aromatic rings. The Hall–Kier alpha value is -2.07. The molecule has 1 atom stereocenters. The zero-order valence-electron chi connectivity index (χ0n) is 13.0. The van der Waals surface area contributed by atoms with Gasteiger partial charge in [-0.2, -0.15) is 0 Å². The summed E-state index contributed by atoms with van der Waals surface area (Å²) < 4.78 is 6.94. The molecule has 1 heterocycles. The van der Waals surface area contributed by atoms with Gasteiger partial charge < -0.3 is 14.6 Å². The largest absolute Gasteiger partial charge is 0.468 e. The summed E-state index contributed by atoms with van der Waals surface area (Å²) in [6, 6.07) is 12.1. The van der Waals surface area contributed by atoms with Gasteiger partial charge in [0.25, 0.3) is 0 Å². The van der Waals surface area contributed by atoms with Gasteiger partial charge in [0.1, 0.15) is 6.04 Å². The summed E-state index contributed by atoms with van der Waals surface area (Å²) in [6.07, 6.45) is 0. The van der Waals surface area contributed by atoms with Crippen LogP contribution in [0.1, 0.15) is 23.9 Å². The second-order valence-electron chi connectivity index (χ2n) is 5.19. The lowest BCUT2D eigenvalue weighted by Gasteiger charge is -2.12. The van der Waals surface area contributed by atoms with Crippen LogP contribution in [-0.2, 0) is 16.1 Å². The second kappa shape index (κ2) is 6.59. The lowest BCUT2D eigenvalue weighted by Crippen LogP contribution is -2.34. The van der Waals surface area contributed by atoms with E-state index in [2.05, 4.69) is 41.9 Å². The first kappa shape index (κ1) is 15.3. The third-order valence-corrected chi connectivity index (χ3v) is 3.70. The minimum atomic E-state index is -0.310. The van der Waals surface area contributed by atoms with Gasteiger partial charge in [0, 0.05) is 23.6 Å². The average Bonchev–Trinajstić information content (AvgIpc) is 2.79. The summed E-state index contributed by atoms with van der Waals surface area (Å²) >= 11 is 0. The van der Waals surface area contributed by atoms with E-state index in [9.17, 15) is 4.79 Å². The molecule has 4 nitrogen and oxygen atoms in total. The minimum Gasteiger partial charge on any atom is -0.468 e. The van der Waals surface area contributed by atoms with E-state index in [1.807, 2.05) is 25.1 Å². The molecule has 21 heavy (non-hydrogen) atoms. The Morgan fingerprint density at radius 3 is 2.57 bits per heavy atom. The normalized spacial score (nSPS) is 12.2. The van der Waals surface area contributed by atoms with Crippen LogP contribution in [0.2, 0.25) is 0 Å². The van der Waals surface area contributed by atoms with Gasteiger partial charge in [-0.15, -0.1) is 0 Å². The van der Waals surface area contributed by atoms with Crippen LogP contribution in [0.5, 0.6) is 0 Å². The summed E-state index contributed by atoms with van der Waals surface area (Å²) in [5.41, 5.74) is 4.70. The third kappa shape index (κ3) is 3.34. The van der Waals surface area contributed by atoms with Gasteiger partial charge in [-0.1, -0.05) is 18.2 Å². The van der Waals surface area contributed by atoms with Crippen LogP contribution in [0.4, 0.5) is 0 Å². The molecular weight excluding hydrogens is 264 g/mol. The van der Waals surface area contributed by atoms with E-state index < -0.39 is 0 Å². The van der Waals surface area contributed by atoms with E-state index in [0.29, 0.717) is 6.54 Å². The van der Waals surface area contributed by atoms with E-state index in [0.717, 1.165) is 5.69 Å². The van der Waals surface area contributed by atoms with Crippen molar-refractivity contribution in [1.82, 2.24) is 9.88 Å². The van der Waals surface area contributed by atoms with Crippen LogP contribution >= 0.6 is 0 Å². The summed E-state index contributed by atoms with van der Waals surface area (Å²) in [6.45, 7) is 6.64. The van der Waals surface area contributed by atoms with Crippen LogP contribution in [0, 0.1) is 13.8 Å². The average molecular weight is 286 g/mol. The summed E-state index contributed by atoms with van der Waals surface area (Å²) in [4.78, 5) is 11.4. The second-order valence-corrected chi connectivity index (χ2v) is 5.19. The number of ether oxygens (including phenoxy) is 1. The predicted octanol–water partition coefficient (Wildman–Crippen LogP) is 2.75. The number of nitrogens with one attached hydrogen (secondary N) is 1. The van der Waals surface area contributed by atoms with E-state index in [-0.39, 0.29) is 12.0 Å². The molecule has 0 unspecified atom stereocenters. The Morgan fingerprint density at radius 1 is 1.29 bits per heavy atom. The summed E-state index contributed by atoms with van der Waals surface area (Å²) in [5.74, 6) is -0.244. The number of rotatable bonds is 5. The SMILES string of the molecule is COC(=O)[C@H](C)NCc1cc(C)n(-c2ccccc2)c1C. The molecule has 0 aliphatic heterocycles. The summed E-state index contributed by atoms with van der Waals surface area (Å²) in [7, 11) is 1.40. The van der Waals surface area contributed by atoms with Gasteiger partial charge in [0.05, 0.1) is 7.11 Å². The number of aryl methyl sites for hydroxylation is 1. The Balaban J connectivity index is 2.18. The molecule has 0 radical (unpaired) electrons. The molecule has 2 rings (SSSR count). The third-order valence-electron chi connectivity index (χ3n) is 3.70. The number of carbonyl (C=O) groups is 1. The molecule has 0 fully saturated rings. The molecule has 1 aromatic carbocycles. The molecule has 0 bridgehead atoms. The topological polar surface area (TPSA) is 43.3 Å². The lowest BCUT2D eigenvalue weighted by molar-refractivity contribution is -0.142. The molecule has 0 saturated heterocycles. The molecule has 112 valence electrons. The maximum Gasteiger partial charge on any atom is 0.322 e. The number of hydrogen-bond acceptors (Lipinski definition) is 3. The first-order valence-electron chi connectivity index (χ1n) is 7.09. The standard InChI is InChI=1S/C17H22N2O2/c1-12-10-15(11-18-13(2)17(20)21-4)14(3)19(12)16-8-6-5-7-9-16/h5-10,13,18H,11H2,1-4H3/t13-/m0/s1. The Kier molecular flexibility index (Phi) is 4.81. The number of carbonyl (C=O) groups excluding carboxylic acids is 1. The van der Waals surface area contributed by atoms with E-state index in [1.165, 1.54) is 24.1 Å². The number of esters is 1. The highest BCUT2D eigenvalue weighted by Crippen LogP contribution is 2.20. The molecule has 1 N–H and O–H groups in total. The molecule has 0 spiro atoms. The van der Waals surface area contributed by atoms with Crippen molar-refractivity contribution in [2.75, 3.05) is 7.11 Å². The Bertz CT molecular complexity index is 617. The Labute approximate surface area is 125 Å². The van der Waals surface area contributed by atoms with Gasteiger partial charge >= 0.3 is 5.97 Å². The smallest absolute Gasteiger partial charge is 0.322 e. The monoisotopic (exact) mass is 286 g/mol. The number of hydrogen-bond donors (Lipinski definition) is 1. The fraction of sp³-hybridized carbons (Fsp3) is 0.353. The van der Waals surface area contributed by atoms with Crippen molar-refractivity contribution in [2.24, 2.45) is 0 Å². The van der Waals surface area contributed by atoms with Crippen molar-refractivity contribution in [3.05, 3.63) is 53.3 Å². The highest BCUT2D eigenvalue weighted by atomic mass is 16.5. The van der Waals surface area contributed by atoms with Gasteiger partial charge in [0.15, 0.2) is 0 Å². The number of para-hydroxylation sites is 1. The van der Waals surface area contributed by atoms with Crippen LogP contribution in [0.25, 0.3) is 5.69 Å². The van der Waals surface area contributed by atoms with Crippen LogP contribution in [-0.4, -0.2) is 23.7 Å². The Morgan fingerprint density at radius 2 is 1.95 bits per heavy atom. The lowest BCUT2D eigenvalue weighted by atomic mass is 10.2. The van der Waals surface area contributed by atoms with Gasteiger partial charge in [-0.05, 0) is 44.5 Å². The highest BCUT2D eigenvalue weighted by Gasteiger charge is 2.15. The predicted molar refractivity (Wildman–Crippen MR) is 83.6 cm³/mol. The maximum absolute atomic E-state index is 11.4. The fourth-order valence-electron chi connectivity index (χ4n) is 2.51. The molecule has 1 aromatic heterocycles. The number of nitrogens with zero attached hydrogens (tertiary/aromatic N) is 1. The van der Waals surface area contributed by atoms with E-state index in [4.69, 9.17) is 4.74 Å². The minimum absolute atomic E-state index is 0.244. The molecule has 0 saturated carbocycles. The molecular formula is C17H22N2O2. The maximum atomic E-state index is 11.4. The van der Waals surface area contributed by atoms with E-state index >= 15 is 0 Å². The quantitative estimate of drug-likeness (QED) is 0.860. The molecule has 0 aliphatic rings. The first-order valence-corrected chi connectivity index (χ1v) is 7.09. The van der Waals surface area contributed by atoms with Crippen molar-refractivity contribution < 1.29 is 9.53 Å². The zero-order chi connectivity index (χ0) is 15.4. The summed E-state index contributed by atoms with van der Waals surface area (Å²) in [5, 5.41) is 3.19. The number of methoxy groups -OCH3 is 1. The van der Waals surface area contributed by atoms with Gasteiger partial charge in [-0.25, -0.2) is 0 Å². The van der Waals surface area contributed by atoms with Gasteiger partial charge in [0.2, 0.25) is 0 Å². The van der Waals surface area contributed by atoms with Crippen molar-refractivity contribution in [3.8, 4) is 5.69 Å². The van der Waals surface area contributed by atoms with Crippen LogP contribution < -0.4 is 5.32 Å². The molecule has 4 heteroatoms. The fourth-order valence-corrected chi connectivity index (χ4v) is 2.51. The van der Waals surface area contributed by atoms with Crippen LogP contribution in [0.15, 0.2) is 36.4 Å². The highest BCUT2D eigenvalue weighted by molar-refractivity contribution is 5.75. The van der Waals surface area contributed by atoms with Crippen molar-refractivity contribution in [1.29, 1.82) is 0 Å². The molecule has 0 aliphatic carbocycles. The van der Waals surface area contributed by atoms with E-state index in [1.54, 1.807) is 0 Å². The number of benzene rings is 1. The molecule has 0 amide bonds. The van der Waals surface area contributed by atoms with Crippen LogP contribution in [0.3, 0.4) is 0 Å². The van der Waals surface area contributed by atoms with Crippen molar-refractivity contribution in [2.45, 2.75) is 33.4 Å². The van der Waals surface area contributed by atoms with Gasteiger partial charge in [-0.3, -0.25) is 4.79 Å². The first-order chi connectivity index (χ1) is 10.0. The van der Waals surface area contributed by atoms with Crippen molar-refractivity contribution >= 4 is 5.97 Å².